The van der Waals surface area contributed by atoms with Crippen LogP contribution in [0.2, 0.25) is 0 Å². The van der Waals surface area contributed by atoms with E-state index in [0.29, 0.717) is 6.20 Å². The number of Topliss-reactive ketones (excluding diaryl/α,β-unsaturated/α-hetero) is 1. The molecule has 0 atom stereocenters. The second-order valence-corrected chi connectivity index (χ2v) is 6.79. The van der Waals surface area contributed by atoms with Crippen molar-refractivity contribution in [2.45, 2.75) is 6.92 Å². The number of aromatic nitrogens is 5. The number of hydrogen-bond acceptors (Lipinski definition) is 6. The molecule has 10 nitrogen and oxygen atoms in total. The Balaban J connectivity index is 1.64. The Kier molecular flexibility index (Phi) is 2.91. The number of pyridine rings is 1. The minimum Gasteiger partial charge on any atom is -0.357 e. The first-order valence-electron chi connectivity index (χ1n) is 15.5. The van der Waals surface area contributed by atoms with Crippen molar-refractivity contribution < 1.29 is 35.2 Å². The molecule has 4 aromatic rings. The minimum atomic E-state index is -4.05. The molecule has 1 N–H and O–H groups in total. The van der Waals surface area contributed by atoms with E-state index in [2.05, 4.69) is 20.3 Å². The molecule has 1 aliphatic heterocycles. The molecule has 5 rings (SSSR count). The molecule has 0 spiro atoms. The van der Waals surface area contributed by atoms with E-state index in [1.54, 1.807) is 0 Å². The van der Waals surface area contributed by atoms with Crippen LogP contribution >= 0.6 is 0 Å². The van der Waals surface area contributed by atoms with E-state index < -0.39 is 99.9 Å². The summed E-state index contributed by atoms with van der Waals surface area (Å²) in [6.07, 6.45) is 4.08. The molecule has 34 heavy (non-hydrogen) atoms. The molecule has 1 saturated heterocycles. The molecule has 0 saturated carbocycles. The number of nitrogens with zero attached hydrogens (tertiary/aromatic N) is 6. The molecule has 0 unspecified atom stereocenters. The fourth-order valence-corrected chi connectivity index (χ4v) is 3.04. The number of rotatable bonds is 4. The normalized spacial score (nSPS) is 25.0. The third kappa shape index (κ3) is 3.70. The van der Waals surface area contributed by atoms with Crippen LogP contribution in [-0.4, -0.2) is 78.3 Å². The SMILES string of the molecule is [2H]c1c([2H])c(C(=O)N2C([2H])([2H])C([2H])([2H])N(C(=O)C(=O)c3c[nH]c4c(-n5ccnn5)ncc(F)c34)C([2H])([2H])C2([2H])[2H])c([2H])c([2H])c1C. The Morgan fingerprint density at radius 3 is 2.50 bits per heavy atom. The number of H-pyrrole nitrogens is 1. The van der Waals surface area contributed by atoms with E-state index in [1.165, 1.54) is 19.3 Å². The van der Waals surface area contributed by atoms with Crippen molar-refractivity contribution in [3.63, 3.8) is 0 Å². The lowest BCUT2D eigenvalue weighted by Crippen LogP contribution is -2.52. The number of carbonyl (C=O) groups excluding carboxylic acids is 3. The van der Waals surface area contributed by atoms with Gasteiger partial charge in [-0.25, -0.2) is 14.1 Å². The number of fused-ring (bicyclic) bond motifs is 1. The van der Waals surface area contributed by atoms with Gasteiger partial charge in [-0.1, -0.05) is 22.9 Å². The van der Waals surface area contributed by atoms with Gasteiger partial charge in [0.2, 0.25) is 0 Å². The number of aromatic amines is 1. The quantitative estimate of drug-likeness (QED) is 0.357. The topological polar surface area (TPSA) is 117 Å². The molecule has 172 valence electrons. The van der Waals surface area contributed by atoms with E-state index in [-0.39, 0.29) is 16.9 Å². The smallest absolute Gasteiger partial charge is 0.295 e. The third-order valence-electron chi connectivity index (χ3n) is 4.64. The maximum absolute atomic E-state index is 15.0. The fourth-order valence-electron chi connectivity index (χ4n) is 3.04. The Bertz CT molecular complexity index is 1910. The summed E-state index contributed by atoms with van der Waals surface area (Å²) in [5.41, 5.74) is -2.38. The summed E-state index contributed by atoms with van der Waals surface area (Å²) in [7, 11) is 0. The third-order valence-corrected chi connectivity index (χ3v) is 4.64. The van der Waals surface area contributed by atoms with E-state index in [9.17, 15) is 18.8 Å². The Labute approximate surface area is 209 Å². The molecular weight excluding hydrogens is 441 g/mol. The summed E-state index contributed by atoms with van der Waals surface area (Å²) in [5.74, 6) is -7.16. The Hall–Kier alpha value is -4.41. The zero-order chi connectivity index (χ0) is 34.5. The maximum atomic E-state index is 15.0. The summed E-state index contributed by atoms with van der Waals surface area (Å²) >= 11 is 0. The molecule has 1 fully saturated rings. The Morgan fingerprint density at radius 2 is 1.82 bits per heavy atom. The van der Waals surface area contributed by atoms with Crippen molar-refractivity contribution in [1.29, 1.82) is 0 Å². The fraction of sp³-hybridized carbons (Fsp3) is 0.217. The first-order valence-corrected chi connectivity index (χ1v) is 9.46. The average molecular weight is 474 g/mol. The summed E-state index contributed by atoms with van der Waals surface area (Å²) in [5, 5.41) is 6.74. The van der Waals surface area contributed by atoms with Crippen molar-refractivity contribution in [3.8, 4) is 5.82 Å². The van der Waals surface area contributed by atoms with Crippen LogP contribution in [0, 0.1) is 12.7 Å². The van der Waals surface area contributed by atoms with Crippen molar-refractivity contribution >= 4 is 28.5 Å². The van der Waals surface area contributed by atoms with Crippen LogP contribution in [0.4, 0.5) is 4.39 Å². The highest BCUT2D eigenvalue weighted by molar-refractivity contribution is 6.45. The highest BCUT2D eigenvalue weighted by Crippen LogP contribution is 2.26. The van der Waals surface area contributed by atoms with Gasteiger partial charge in [-0.15, -0.1) is 5.10 Å². The molecule has 0 radical (unpaired) electrons. The summed E-state index contributed by atoms with van der Waals surface area (Å²) < 4.78 is 116. The first-order chi connectivity index (χ1) is 21.1. The van der Waals surface area contributed by atoms with E-state index >= 15 is 0 Å². The van der Waals surface area contributed by atoms with Crippen LogP contribution < -0.4 is 0 Å². The standard InChI is InChI=1S/C23H20FN7O3/c1-14-2-4-15(5-3-14)22(33)29-8-10-30(11-9-29)23(34)20(32)16-12-25-19-18(16)17(24)13-26-21(19)31-7-6-27-28-31/h2-7,12-13,25H,8-11H2,1H3/i2D,3D,4D,5D,8D2,9D2,10D2,11D2. The second-order valence-electron chi connectivity index (χ2n) is 6.79. The minimum absolute atomic E-state index is 0.0869. The molecular formula is C23H20FN7O3. The van der Waals surface area contributed by atoms with E-state index in [1.807, 2.05) is 0 Å². The zero-order valence-corrected chi connectivity index (χ0v) is 17.1. The van der Waals surface area contributed by atoms with Gasteiger partial charge < -0.3 is 14.8 Å². The predicted molar refractivity (Wildman–Crippen MR) is 119 cm³/mol. The maximum Gasteiger partial charge on any atom is 0.295 e. The van der Waals surface area contributed by atoms with E-state index in [0.717, 1.165) is 10.9 Å². The molecule has 11 heteroatoms. The molecule has 1 aromatic carbocycles. The second kappa shape index (κ2) is 8.50. The lowest BCUT2D eigenvalue weighted by Gasteiger charge is -2.34. The predicted octanol–water partition coefficient (Wildman–Crippen LogP) is 1.76. The van der Waals surface area contributed by atoms with Crippen molar-refractivity contribution in [1.82, 2.24) is 34.8 Å². The summed E-state index contributed by atoms with van der Waals surface area (Å²) in [6, 6.07) is -3.56. The van der Waals surface area contributed by atoms with Gasteiger partial charge in [0.1, 0.15) is 0 Å². The average Bonchev–Trinajstić information content (AvgIpc) is 3.65. The van der Waals surface area contributed by atoms with Gasteiger partial charge in [0.15, 0.2) is 11.6 Å². The van der Waals surface area contributed by atoms with Crippen molar-refractivity contribution in [2.24, 2.45) is 0 Å². The molecule has 3 aromatic heterocycles. The van der Waals surface area contributed by atoms with Gasteiger partial charge in [-0.2, -0.15) is 0 Å². The number of amides is 2. The number of carbonyl (C=O) groups is 3. The molecule has 2 amide bonds. The summed E-state index contributed by atoms with van der Waals surface area (Å²) in [6.45, 7) is -15.0. The van der Waals surface area contributed by atoms with Gasteiger partial charge in [0.25, 0.3) is 17.6 Å². The lowest BCUT2D eigenvalue weighted by atomic mass is 10.1. The Morgan fingerprint density at radius 1 is 1.12 bits per heavy atom. The largest absolute Gasteiger partial charge is 0.357 e. The molecule has 0 aliphatic carbocycles. The van der Waals surface area contributed by atoms with Crippen LogP contribution in [0.1, 0.15) is 42.7 Å². The van der Waals surface area contributed by atoms with Crippen molar-refractivity contribution in [3.05, 3.63) is 71.5 Å². The van der Waals surface area contributed by atoms with Crippen LogP contribution in [0.25, 0.3) is 16.7 Å². The van der Waals surface area contributed by atoms with Crippen LogP contribution in [-0.2, 0) is 4.79 Å². The summed E-state index contributed by atoms with van der Waals surface area (Å²) in [4.78, 5) is 45.9. The van der Waals surface area contributed by atoms with Crippen LogP contribution in [0.3, 0.4) is 0 Å². The van der Waals surface area contributed by atoms with Gasteiger partial charge in [0, 0.05) is 37.7 Å². The van der Waals surface area contributed by atoms with Gasteiger partial charge in [0.05, 0.1) is 51.5 Å². The van der Waals surface area contributed by atoms with Gasteiger partial charge >= 0.3 is 0 Å². The number of halogens is 1. The monoisotopic (exact) mass is 473 g/mol. The molecule has 4 heterocycles. The molecule has 0 bridgehead atoms. The van der Waals surface area contributed by atoms with E-state index in [4.69, 9.17) is 16.4 Å². The van der Waals surface area contributed by atoms with Gasteiger partial charge in [-0.3, -0.25) is 14.4 Å². The number of benzene rings is 1. The number of ketones is 1. The lowest BCUT2D eigenvalue weighted by molar-refractivity contribution is -0.127. The number of nitrogens with one attached hydrogen (secondary N) is 1. The van der Waals surface area contributed by atoms with Crippen LogP contribution in [0.15, 0.2) is 49.0 Å². The highest BCUT2D eigenvalue weighted by atomic mass is 19.1. The zero-order valence-electron chi connectivity index (χ0n) is 29.1. The number of hydrogen-bond donors (Lipinski definition) is 1. The van der Waals surface area contributed by atoms with Gasteiger partial charge in [-0.05, 0) is 19.0 Å². The molecule has 1 aliphatic rings. The van der Waals surface area contributed by atoms with Crippen LogP contribution in [0.5, 0.6) is 0 Å². The first kappa shape index (κ1) is 11.6. The number of piperazine rings is 1. The van der Waals surface area contributed by atoms with Crippen molar-refractivity contribution in [2.75, 3.05) is 26.0 Å². The highest BCUT2D eigenvalue weighted by Gasteiger charge is 2.31.